The highest BCUT2D eigenvalue weighted by atomic mass is 14.4. The lowest BCUT2D eigenvalue weighted by atomic mass is 9.66. The van der Waals surface area contributed by atoms with Crippen LogP contribution in [0.4, 0.5) is 0 Å². The summed E-state index contributed by atoms with van der Waals surface area (Å²) < 4.78 is 0. The van der Waals surface area contributed by atoms with Gasteiger partial charge in [-0.2, -0.15) is 0 Å². The van der Waals surface area contributed by atoms with Crippen molar-refractivity contribution in [2.75, 3.05) is 0 Å². The van der Waals surface area contributed by atoms with E-state index in [4.69, 9.17) is 0 Å². The highest BCUT2D eigenvalue weighted by Gasteiger charge is 2.32. The Morgan fingerprint density at radius 2 is 1.27 bits per heavy atom. The van der Waals surface area contributed by atoms with Gasteiger partial charge in [0, 0.05) is 0 Å². The molecule has 0 radical (unpaired) electrons. The van der Waals surface area contributed by atoms with Gasteiger partial charge >= 0.3 is 0 Å². The van der Waals surface area contributed by atoms with Crippen molar-refractivity contribution in [1.82, 2.24) is 0 Å². The lowest BCUT2D eigenvalue weighted by Gasteiger charge is -2.39. The molecule has 0 amide bonds. The van der Waals surface area contributed by atoms with E-state index >= 15 is 0 Å². The smallest absolute Gasteiger partial charge is 0.0340 e. The Bertz CT molecular complexity index is 163. The minimum atomic E-state index is 0.454. The Morgan fingerprint density at radius 3 is 1.53 bits per heavy atom. The van der Waals surface area contributed by atoms with E-state index < -0.39 is 0 Å². The van der Waals surface area contributed by atoms with Crippen LogP contribution in [0.5, 0.6) is 0 Å². The molecule has 15 heavy (non-hydrogen) atoms. The fourth-order valence-electron chi connectivity index (χ4n) is 3.03. The Kier molecular flexibility index (Phi) is 5.92. The lowest BCUT2D eigenvalue weighted by molar-refractivity contribution is 0.0994. The SMILES string of the molecule is CCC(C)C(C)C(C)C(CC)C(C)(C)C. The van der Waals surface area contributed by atoms with Crippen molar-refractivity contribution < 1.29 is 0 Å². The molecule has 0 saturated heterocycles. The normalized spacial score (nSPS) is 20.8. The maximum absolute atomic E-state index is 2.45. The van der Waals surface area contributed by atoms with Crippen molar-refractivity contribution in [3.63, 3.8) is 0 Å². The summed E-state index contributed by atoms with van der Waals surface area (Å²) in [6.07, 6.45) is 2.62. The quantitative estimate of drug-likeness (QED) is 0.574. The average Bonchev–Trinajstić information content (AvgIpc) is 2.14. The molecule has 0 aliphatic rings. The molecule has 0 bridgehead atoms. The van der Waals surface area contributed by atoms with E-state index in [1.165, 1.54) is 12.8 Å². The molecule has 0 aliphatic heterocycles. The van der Waals surface area contributed by atoms with Gasteiger partial charge in [0.25, 0.3) is 0 Å². The molecule has 0 aromatic heterocycles. The maximum Gasteiger partial charge on any atom is -0.0340 e. The van der Waals surface area contributed by atoms with Crippen LogP contribution in [-0.4, -0.2) is 0 Å². The molecule has 0 heteroatoms. The Morgan fingerprint density at radius 1 is 0.800 bits per heavy atom. The van der Waals surface area contributed by atoms with E-state index in [0.29, 0.717) is 5.41 Å². The summed E-state index contributed by atoms with van der Waals surface area (Å²) in [5.41, 5.74) is 0.454. The third-order valence-electron chi connectivity index (χ3n) is 4.56. The van der Waals surface area contributed by atoms with Crippen LogP contribution in [0.3, 0.4) is 0 Å². The van der Waals surface area contributed by atoms with Gasteiger partial charge in [-0.05, 0) is 29.1 Å². The van der Waals surface area contributed by atoms with Gasteiger partial charge < -0.3 is 0 Å². The molecule has 0 saturated carbocycles. The van der Waals surface area contributed by atoms with E-state index in [-0.39, 0.29) is 0 Å². The highest BCUT2D eigenvalue weighted by molar-refractivity contribution is 4.81. The Labute approximate surface area is 97.8 Å². The average molecular weight is 212 g/mol. The van der Waals surface area contributed by atoms with Crippen LogP contribution in [0.15, 0.2) is 0 Å². The van der Waals surface area contributed by atoms with Gasteiger partial charge in [0.1, 0.15) is 0 Å². The summed E-state index contributed by atoms with van der Waals surface area (Å²) in [6, 6.07) is 0. The van der Waals surface area contributed by atoms with Crippen LogP contribution in [0.25, 0.3) is 0 Å². The third kappa shape index (κ3) is 4.17. The fourth-order valence-corrected chi connectivity index (χ4v) is 3.03. The maximum atomic E-state index is 2.45. The van der Waals surface area contributed by atoms with Gasteiger partial charge in [0.15, 0.2) is 0 Å². The fraction of sp³-hybridized carbons (Fsp3) is 1.00. The van der Waals surface area contributed by atoms with E-state index in [1.54, 1.807) is 0 Å². The van der Waals surface area contributed by atoms with Crippen molar-refractivity contribution in [1.29, 1.82) is 0 Å². The summed E-state index contributed by atoms with van der Waals surface area (Å²) in [6.45, 7) is 19.1. The van der Waals surface area contributed by atoms with Crippen LogP contribution in [0.2, 0.25) is 0 Å². The van der Waals surface area contributed by atoms with Crippen LogP contribution in [-0.2, 0) is 0 Å². The summed E-state index contributed by atoms with van der Waals surface area (Å²) in [7, 11) is 0. The molecule has 0 heterocycles. The predicted molar refractivity (Wildman–Crippen MR) is 71.0 cm³/mol. The van der Waals surface area contributed by atoms with Crippen LogP contribution >= 0.6 is 0 Å². The number of hydrogen-bond donors (Lipinski definition) is 0. The molecular weight excluding hydrogens is 180 g/mol. The number of rotatable bonds is 5. The van der Waals surface area contributed by atoms with Crippen LogP contribution in [0, 0.1) is 29.1 Å². The highest BCUT2D eigenvalue weighted by Crippen LogP contribution is 2.40. The second-order valence-electron chi connectivity index (χ2n) is 6.48. The zero-order chi connectivity index (χ0) is 12.2. The van der Waals surface area contributed by atoms with Crippen molar-refractivity contribution in [2.24, 2.45) is 29.1 Å². The molecule has 92 valence electrons. The number of hydrogen-bond acceptors (Lipinski definition) is 0. The first kappa shape index (κ1) is 15.0. The van der Waals surface area contributed by atoms with Gasteiger partial charge in [0.2, 0.25) is 0 Å². The monoisotopic (exact) mass is 212 g/mol. The molecule has 0 N–H and O–H groups in total. The first-order chi connectivity index (χ1) is 6.75. The summed E-state index contributed by atoms with van der Waals surface area (Å²) in [4.78, 5) is 0. The second kappa shape index (κ2) is 5.92. The van der Waals surface area contributed by atoms with Crippen LogP contribution in [0.1, 0.15) is 68.2 Å². The van der Waals surface area contributed by atoms with Gasteiger partial charge in [-0.1, -0.05) is 68.2 Å². The van der Waals surface area contributed by atoms with E-state index in [9.17, 15) is 0 Å². The van der Waals surface area contributed by atoms with Gasteiger partial charge in [-0.3, -0.25) is 0 Å². The third-order valence-corrected chi connectivity index (χ3v) is 4.56. The summed E-state index contributed by atoms with van der Waals surface area (Å²) in [5, 5.41) is 0. The summed E-state index contributed by atoms with van der Waals surface area (Å²) >= 11 is 0. The molecule has 0 spiro atoms. The molecular formula is C15H32. The topological polar surface area (TPSA) is 0 Å². The van der Waals surface area contributed by atoms with Crippen molar-refractivity contribution in [3.05, 3.63) is 0 Å². The summed E-state index contributed by atoms with van der Waals surface area (Å²) in [5.74, 6) is 3.39. The molecule has 0 nitrogen and oxygen atoms in total. The first-order valence-corrected chi connectivity index (χ1v) is 6.75. The predicted octanol–water partition coefficient (Wildman–Crippen LogP) is 5.38. The van der Waals surface area contributed by atoms with Gasteiger partial charge in [0.05, 0.1) is 0 Å². The van der Waals surface area contributed by atoms with E-state index in [0.717, 1.165) is 23.7 Å². The van der Waals surface area contributed by atoms with E-state index in [2.05, 4.69) is 55.4 Å². The largest absolute Gasteiger partial charge is 0.0651 e. The van der Waals surface area contributed by atoms with Gasteiger partial charge in [-0.15, -0.1) is 0 Å². The standard InChI is InChI=1S/C15H32/c1-9-11(3)12(4)13(5)14(10-2)15(6,7)8/h11-14H,9-10H2,1-8H3. The zero-order valence-corrected chi connectivity index (χ0v) is 12.2. The Balaban J connectivity index is 4.58. The minimum absolute atomic E-state index is 0.454. The van der Waals surface area contributed by atoms with Gasteiger partial charge in [-0.25, -0.2) is 0 Å². The molecule has 0 aliphatic carbocycles. The molecule has 0 aromatic carbocycles. The second-order valence-corrected chi connectivity index (χ2v) is 6.48. The van der Waals surface area contributed by atoms with Crippen LogP contribution < -0.4 is 0 Å². The zero-order valence-electron chi connectivity index (χ0n) is 12.2. The lowest BCUT2D eigenvalue weighted by Crippen LogP contribution is -2.32. The first-order valence-electron chi connectivity index (χ1n) is 6.75. The van der Waals surface area contributed by atoms with Crippen molar-refractivity contribution >= 4 is 0 Å². The minimum Gasteiger partial charge on any atom is -0.0651 e. The molecule has 4 unspecified atom stereocenters. The van der Waals surface area contributed by atoms with E-state index in [1.807, 2.05) is 0 Å². The van der Waals surface area contributed by atoms with Crippen molar-refractivity contribution in [3.8, 4) is 0 Å². The molecule has 0 aromatic rings. The van der Waals surface area contributed by atoms with Crippen molar-refractivity contribution in [2.45, 2.75) is 68.2 Å². The molecule has 4 atom stereocenters. The Hall–Kier alpha value is 0. The molecule has 0 rings (SSSR count). The molecule has 0 fully saturated rings.